The Morgan fingerprint density at radius 2 is 2.00 bits per heavy atom. The topological polar surface area (TPSA) is 61.8 Å². The first-order valence-corrected chi connectivity index (χ1v) is 6.16. The highest BCUT2D eigenvalue weighted by Crippen LogP contribution is 1.99. The fourth-order valence-electron chi connectivity index (χ4n) is 0.757. The van der Waals surface area contributed by atoms with Gasteiger partial charge in [0.1, 0.15) is 0 Å². The van der Waals surface area contributed by atoms with E-state index in [0.717, 1.165) is 0 Å². The van der Waals surface area contributed by atoms with E-state index < -0.39 is 16.0 Å². The van der Waals surface area contributed by atoms with Crippen molar-refractivity contribution < 1.29 is 23.2 Å². The number of carbonyl (C=O) groups excluding carboxylic acids is 2. The Kier molecular flexibility index (Phi) is 7.48. The minimum absolute atomic E-state index is 0.0797. The Labute approximate surface area is 97.8 Å². The molecule has 0 spiro atoms. The normalized spacial score (nSPS) is 12.4. The first-order valence-electron chi connectivity index (χ1n) is 5.01. The zero-order chi connectivity index (χ0) is 12.6. The minimum atomic E-state index is -1.25. The Morgan fingerprint density at radius 3 is 2.50 bits per heavy atom. The Balaban J connectivity index is 3.50. The van der Waals surface area contributed by atoms with Crippen LogP contribution in [0.2, 0.25) is 0 Å². The van der Waals surface area contributed by atoms with Crippen molar-refractivity contribution >= 4 is 21.9 Å². The van der Waals surface area contributed by atoms with E-state index in [-0.39, 0.29) is 18.7 Å². The van der Waals surface area contributed by atoms with Gasteiger partial charge in [-0.05, 0) is 13.8 Å². The van der Waals surface area contributed by atoms with Gasteiger partial charge in [0.05, 0.1) is 6.61 Å². The maximum atomic E-state index is 11.0. The average molecular weight is 246 g/mol. The lowest BCUT2D eigenvalue weighted by molar-refractivity contribution is -0.139. The van der Waals surface area contributed by atoms with Gasteiger partial charge in [-0.1, -0.05) is 6.58 Å². The second-order valence-electron chi connectivity index (χ2n) is 3.44. The monoisotopic (exact) mass is 246 g/mol. The van der Waals surface area contributed by atoms with E-state index in [9.17, 15) is 9.59 Å². The number of hydrogen-bond donors (Lipinski definition) is 0. The Hall–Kier alpha value is -1.14. The second-order valence-corrected chi connectivity index (χ2v) is 4.29. The highest BCUT2D eigenvalue weighted by Gasteiger charge is 2.07. The molecule has 0 heterocycles. The fraction of sp³-hybridized carbons (Fsp3) is 0.600. The van der Waals surface area contributed by atoms with Crippen LogP contribution in [0.4, 0.5) is 0 Å². The summed E-state index contributed by atoms with van der Waals surface area (Å²) in [4.78, 5) is 21.5. The summed E-state index contributed by atoms with van der Waals surface area (Å²) in [5.74, 6) is -0.725. The van der Waals surface area contributed by atoms with Crippen LogP contribution in [0.25, 0.3) is 0 Å². The lowest BCUT2D eigenvalue weighted by Crippen LogP contribution is -2.19. The quantitative estimate of drug-likeness (QED) is 0.371. The van der Waals surface area contributed by atoms with Crippen LogP contribution < -0.4 is 0 Å². The summed E-state index contributed by atoms with van der Waals surface area (Å²) < 4.78 is 14.9. The number of ether oxygens (including phenoxy) is 1. The molecule has 0 bridgehead atoms. The molecular weight excluding hydrogens is 228 g/mol. The van der Waals surface area contributed by atoms with Crippen LogP contribution in [0.15, 0.2) is 12.2 Å². The van der Waals surface area contributed by atoms with E-state index in [2.05, 4.69) is 6.58 Å². The van der Waals surface area contributed by atoms with Crippen molar-refractivity contribution in [1.82, 2.24) is 0 Å². The van der Waals surface area contributed by atoms with Gasteiger partial charge in [0.2, 0.25) is 0 Å². The first-order chi connectivity index (χ1) is 7.43. The molecule has 16 heavy (non-hydrogen) atoms. The third-order valence-electron chi connectivity index (χ3n) is 1.72. The van der Waals surface area contributed by atoms with Gasteiger partial charge in [-0.25, -0.2) is 4.79 Å². The van der Waals surface area contributed by atoms with Gasteiger partial charge < -0.3 is 13.6 Å². The molecule has 1 atom stereocenters. The fourth-order valence-corrected chi connectivity index (χ4v) is 1.39. The van der Waals surface area contributed by atoms with Crippen LogP contribution in [0.3, 0.4) is 0 Å². The molecule has 0 rings (SSSR count). The Morgan fingerprint density at radius 1 is 1.38 bits per heavy atom. The summed E-state index contributed by atoms with van der Waals surface area (Å²) in [5.41, 5.74) is 0.378. The molecule has 0 saturated carbocycles. The lowest BCUT2D eigenvalue weighted by Gasteiger charge is -2.12. The smallest absolute Gasteiger partial charge is 0.369 e. The van der Waals surface area contributed by atoms with Crippen LogP contribution in [0.5, 0.6) is 0 Å². The predicted molar refractivity (Wildman–Crippen MR) is 61.2 cm³/mol. The van der Waals surface area contributed by atoms with Crippen molar-refractivity contribution in [3.63, 3.8) is 0 Å². The summed E-state index contributed by atoms with van der Waals surface area (Å²) in [6, 6.07) is 0. The standard InChI is InChI=1S/C10H18O5Si/c1-7(2)10(12)13-6-5-8(3)14-16-15-9(4)11/h8H,1,5-6,16H2,2-4H3. The van der Waals surface area contributed by atoms with Crippen LogP contribution >= 0.6 is 0 Å². The van der Waals surface area contributed by atoms with Gasteiger partial charge in [-0.2, -0.15) is 0 Å². The molecule has 92 valence electrons. The molecule has 1 unspecified atom stereocenters. The van der Waals surface area contributed by atoms with Crippen molar-refractivity contribution in [2.45, 2.75) is 33.3 Å². The molecule has 0 N–H and O–H groups in total. The first kappa shape index (κ1) is 14.9. The molecule has 0 radical (unpaired) electrons. The molecule has 0 aromatic carbocycles. The molecule has 0 aliphatic carbocycles. The summed E-state index contributed by atoms with van der Waals surface area (Å²) in [5, 5.41) is 0. The van der Waals surface area contributed by atoms with Crippen molar-refractivity contribution in [1.29, 1.82) is 0 Å². The molecule has 5 nitrogen and oxygen atoms in total. The molecule has 0 saturated heterocycles. The third-order valence-corrected chi connectivity index (χ3v) is 2.95. The van der Waals surface area contributed by atoms with Gasteiger partial charge in [-0.3, -0.25) is 4.79 Å². The lowest BCUT2D eigenvalue weighted by atomic mass is 10.3. The zero-order valence-electron chi connectivity index (χ0n) is 9.95. The molecule has 0 aliphatic heterocycles. The maximum absolute atomic E-state index is 11.0. The van der Waals surface area contributed by atoms with Gasteiger partial charge >= 0.3 is 16.0 Å². The van der Waals surface area contributed by atoms with Crippen LogP contribution in [0, 0.1) is 0 Å². The molecule has 0 fully saturated rings. The summed E-state index contributed by atoms with van der Waals surface area (Å²) in [6.07, 6.45) is 0.497. The zero-order valence-corrected chi connectivity index (χ0v) is 11.4. The van der Waals surface area contributed by atoms with E-state index in [4.69, 9.17) is 13.6 Å². The number of rotatable bonds is 7. The van der Waals surface area contributed by atoms with Gasteiger partial charge in [0.15, 0.2) is 0 Å². The van der Waals surface area contributed by atoms with Crippen LogP contribution in [-0.4, -0.2) is 34.7 Å². The van der Waals surface area contributed by atoms with E-state index in [1.165, 1.54) is 6.92 Å². The molecule has 0 amide bonds. The molecule has 0 aromatic heterocycles. The van der Waals surface area contributed by atoms with Gasteiger partial charge in [0.25, 0.3) is 5.97 Å². The average Bonchev–Trinajstić information content (AvgIpc) is 2.16. The van der Waals surface area contributed by atoms with Gasteiger partial charge in [0, 0.05) is 25.0 Å². The molecular formula is C10H18O5Si. The van der Waals surface area contributed by atoms with Crippen molar-refractivity contribution in [2.75, 3.05) is 6.61 Å². The number of carbonyl (C=O) groups is 2. The third kappa shape index (κ3) is 8.19. The highest BCUT2D eigenvalue weighted by atomic mass is 28.3. The van der Waals surface area contributed by atoms with Crippen molar-refractivity contribution in [3.05, 3.63) is 12.2 Å². The maximum Gasteiger partial charge on any atom is 0.369 e. The summed E-state index contributed by atoms with van der Waals surface area (Å²) in [7, 11) is -1.25. The van der Waals surface area contributed by atoms with E-state index >= 15 is 0 Å². The van der Waals surface area contributed by atoms with E-state index in [1.807, 2.05) is 6.92 Å². The summed E-state index contributed by atoms with van der Waals surface area (Å²) >= 11 is 0. The summed E-state index contributed by atoms with van der Waals surface area (Å²) in [6.45, 7) is 8.52. The predicted octanol–water partition coefficient (Wildman–Crippen LogP) is 0.463. The molecule has 6 heteroatoms. The SMILES string of the molecule is C=C(C)C(=O)OCCC(C)O[SiH2]OC(C)=O. The minimum Gasteiger partial charge on any atom is -0.499 e. The number of esters is 1. The van der Waals surface area contributed by atoms with E-state index in [1.54, 1.807) is 6.92 Å². The van der Waals surface area contributed by atoms with Crippen LogP contribution in [-0.2, 0) is 23.2 Å². The van der Waals surface area contributed by atoms with Crippen molar-refractivity contribution in [2.24, 2.45) is 0 Å². The van der Waals surface area contributed by atoms with Crippen LogP contribution in [0.1, 0.15) is 27.2 Å². The highest BCUT2D eigenvalue weighted by molar-refractivity contribution is 6.22. The number of hydrogen-bond acceptors (Lipinski definition) is 5. The Bertz CT molecular complexity index is 264. The van der Waals surface area contributed by atoms with E-state index in [0.29, 0.717) is 12.0 Å². The largest absolute Gasteiger partial charge is 0.499 e. The molecule has 0 aromatic rings. The van der Waals surface area contributed by atoms with Gasteiger partial charge in [-0.15, -0.1) is 0 Å². The van der Waals surface area contributed by atoms with Crippen molar-refractivity contribution in [3.8, 4) is 0 Å². The molecule has 0 aliphatic rings. The second kappa shape index (κ2) is 8.06.